The predicted octanol–water partition coefficient (Wildman–Crippen LogP) is 16.7. The number of nitrogens with zero attached hydrogens (tertiary/aromatic N) is 1. The van der Waals surface area contributed by atoms with Crippen molar-refractivity contribution in [2.75, 3.05) is 47.5 Å². The standard InChI is InChI=1S/C58H108NO8P/c1-6-8-10-12-14-16-18-20-22-24-26-28-29-31-33-35-37-39-41-43-45-47-49-51-58(61)67-56(55-66-68(62,63)65-53-52-59(3,4)5)54-64-57(60)50-48-46-44-42-40-38-36-34-32-30-27-25-23-21-19-17-15-13-11-9-7-2/h18-21,24-27,56H,6-17,22-23,28-55H2,1-5H3/b20-18-,21-19-,26-24-,27-25-. The van der Waals surface area contributed by atoms with E-state index in [1.54, 1.807) is 0 Å². The Kier molecular flexibility index (Phi) is 48.4. The van der Waals surface area contributed by atoms with Gasteiger partial charge in [0.05, 0.1) is 27.7 Å². The van der Waals surface area contributed by atoms with E-state index in [4.69, 9.17) is 18.5 Å². The second-order valence-corrected chi connectivity index (χ2v) is 21.7. The van der Waals surface area contributed by atoms with Crippen LogP contribution >= 0.6 is 7.82 Å². The Morgan fingerprint density at radius 1 is 0.456 bits per heavy atom. The lowest BCUT2D eigenvalue weighted by Gasteiger charge is -2.28. The van der Waals surface area contributed by atoms with E-state index in [0.717, 1.165) is 57.8 Å². The number of hydrogen-bond acceptors (Lipinski definition) is 8. The van der Waals surface area contributed by atoms with Crippen LogP contribution in [-0.2, 0) is 32.7 Å². The van der Waals surface area contributed by atoms with E-state index in [0.29, 0.717) is 17.4 Å². The Morgan fingerprint density at radius 3 is 1.16 bits per heavy atom. The number of allylic oxidation sites excluding steroid dienone is 8. The molecule has 10 heteroatoms. The molecule has 0 aliphatic carbocycles. The number of esters is 2. The summed E-state index contributed by atoms with van der Waals surface area (Å²) in [6.45, 7) is 4.24. The first-order valence-corrected chi connectivity index (χ1v) is 29.8. The molecule has 0 radical (unpaired) electrons. The molecule has 0 aromatic carbocycles. The molecule has 0 amide bonds. The van der Waals surface area contributed by atoms with Gasteiger partial charge in [-0.05, 0) is 77.0 Å². The average Bonchev–Trinajstić information content (AvgIpc) is 3.30. The molecule has 68 heavy (non-hydrogen) atoms. The SMILES string of the molecule is CCCCCCC/C=C\C/C=C\CCCCCCCCCCCCCC(=O)OC(COC(=O)CCCCCCCCCCC/C=C\C/C=C\CCCCCCC)COP(=O)([O-])OCC[N+](C)(C)C. The van der Waals surface area contributed by atoms with Crippen molar-refractivity contribution in [3.05, 3.63) is 48.6 Å². The van der Waals surface area contributed by atoms with Crippen LogP contribution in [0.5, 0.6) is 0 Å². The van der Waals surface area contributed by atoms with Gasteiger partial charge in [0.1, 0.15) is 19.8 Å². The zero-order valence-electron chi connectivity index (χ0n) is 45.1. The van der Waals surface area contributed by atoms with Gasteiger partial charge < -0.3 is 27.9 Å². The monoisotopic (exact) mass is 978 g/mol. The van der Waals surface area contributed by atoms with E-state index in [-0.39, 0.29) is 32.0 Å². The molecule has 0 rings (SSSR count). The van der Waals surface area contributed by atoms with Gasteiger partial charge in [0.2, 0.25) is 0 Å². The summed E-state index contributed by atoms with van der Waals surface area (Å²) in [7, 11) is 1.17. The van der Waals surface area contributed by atoms with Crippen molar-refractivity contribution < 1.29 is 42.1 Å². The van der Waals surface area contributed by atoms with Gasteiger partial charge in [-0.2, -0.15) is 0 Å². The lowest BCUT2D eigenvalue weighted by molar-refractivity contribution is -0.870. The molecule has 2 unspecified atom stereocenters. The molecule has 0 bridgehead atoms. The van der Waals surface area contributed by atoms with Gasteiger partial charge in [0.25, 0.3) is 7.82 Å². The molecular formula is C58H108NO8P. The molecule has 0 saturated carbocycles. The summed E-state index contributed by atoms with van der Waals surface area (Å²) < 4.78 is 34.1. The highest BCUT2D eigenvalue weighted by Gasteiger charge is 2.21. The molecule has 0 aromatic rings. The van der Waals surface area contributed by atoms with E-state index in [9.17, 15) is 19.0 Å². The van der Waals surface area contributed by atoms with Gasteiger partial charge in [-0.1, -0.05) is 217 Å². The molecular weight excluding hydrogens is 870 g/mol. The van der Waals surface area contributed by atoms with Gasteiger partial charge in [-0.25, -0.2) is 0 Å². The Bertz CT molecular complexity index is 1290. The van der Waals surface area contributed by atoms with Crippen molar-refractivity contribution >= 4 is 19.8 Å². The van der Waals surface area contributed by atoms with Crippen LogP contribution in [0.1, 0.15) is 258 Å². The molecule has 0 heterocycles. The molecule has 0 fully saturated rings. The van der Waals surface area contributed by atoms with Crippen molar-refractivity contribution in [1.29, 1.82) is 0 Å². The van der Waals surface area contributed by atoms with Gasteiger partial charge in [-0.3, -0.25) is 14.2 Å². The van der Waals surface area contributed by atoms with Gasteiger partial charge >= 0.3 is 11.9 Å². The number of phosphoric ester groups is 1. The Hall–Kier alpha value is -2.03. The van der Waals surface area contributed by atoms with Gasteiger partial charge in [0.15, 0.2) is 6.10 Å². The Labute approximate surface area is 420 Å². The lowest BCUT2D eigenvalue weighted by Crippen LogP contribution is -2.37. The number of carbonyl (C=O) groups excluding carboxylic acids is 2. The molecule has 0 aliphatic heterocycles. The zero-order chi connectivity index (χ0) is 49.9. The summed E-state index contributed by atoms with van der Waals surface area (Å²) in [5, 5.41) is 0. The molecule has 0 spiro atoms. The smallest absolute Gasteiger partial charge is 0.306 e. The fourth-order valence-electron chi connectivity index (χ4n) is 7.89. The third-order valence-electron chi connectivity index (χ3n) is 12.3. The van der Waals surface area contributed by atoms with E-state index < -0.39 is 26.5 Å². The highest BCUT2D eigenvalue weighted by atomic mass is 31.2. The van der Waals surface area contributed by atoms with Crippen LogP contribution in [0.4, 0.5) is 0 Å². The first-order valence-electron chi connectivity index (χ1n) is 28.3. The fourth-order valence-corrected chi connectivity index (χ4v) is 8.62. The molecule has 0 aliphatic rings. The second kappa shape index (κ2) is 49.9. The molecule has 9 nitrogen and oxygen atoms in total. The molecule has 2 atom stereocenters. The largest absolute Gasteiger partial charge is 0.756 e. The third-order valence-corrected chi connectivity index (χ3v) is 13.3. The van der Waals surface area contributed by atoms with Gasteiger partial charge in [0, 0.05) is 12.8 Å². The maximum Gasteiger partial charge on any atom is 0.306 e. The van der Waals surface area contributed by atoms with Crippen LogP contribution in [0.25, 0.3) is 0 Å². The zero-order valence-corrected chi connectivity index (χ0v) is 45.9. The van der Waals surface area contributed by atoms with Crippen molar-refractivity contribution in [3.63, 3.8) is 0 Å². The van der Waals surface area contributed by atoms with Crippen LogP contribution in [0.15, 0.2) is 48.6 Å². The van der Waals surface area contributed by atoms with E-state index in [1.165, 1.54) is 167 Å². The molecule has 0 N–H and O–H groups in total. The first kappa shape index (κ1) is 66.0. The van der Waals surface area contributed by atoms with Crippen LogP contribution in [0.3, 0.4) is 0 Å². The summed E-state index contributed by atoms with van der Waals surface area (Å²) in [6, 6.07) is 0. The predicted molar refractivity (Wildman–Crippen MR) is 287 cm³/mol. The van der Waals surface area contributed by atoms with Crippen molar-refractivity contribution in [3.8, 4) is 0 Å². The van der Waals surface area contributed by atoms with Crippen LogP contribution in [0.2, 0.25) is 0 Å². The first-order chi connectivity index (χ1) is 33.0. The number of unbranched alkanes of at least 4 members (excludes halogenated alkanes) is 30. The minimum atomic E-state index is -4.64. The summed E-state index contributed by atoms with van der Waals surface area (Å²) in [5.74, 6) is -0.834. The molecule has 0 saturated heterocycles. The minimum Gasteiger partial charge on any atom is -0.756 e. The van der Waals surface area contributed by atoms with E-state index in [1.807, 2.05) is 21.1 Å². The van der Waals surface area contributed by atoms with Crippen molar-refractivity contribution in [1.82, 2.24) is 0 Å². The number of ether oxygens (including phenoxy) is 2. The van der Waals surface area contributed by atoms with Crippen LogP contribution in [-0.4, -0.2) is 70.0 Å². The fraction of sp³-hybridized carbons (Fsp3) is 0.828. The number of likely N-dealkylation sites (N-methyl/N-ethyl adjacent to an activating group) is 1. The maximum absolute atomic E-state index is 12.8. The Balaban J connectivity index is 4.19. The molecule has 398 valence electrons. The van der Waals surface area contributed by atoms with Crippen molar-refractivity contribution in [2.45, 2.75) is 264 Å². The summed E-state index contributed by atoms with van der Waals surface area (Å²) in [6.07, 6.45) is 61.4. The van der Waals surface area contributed by atoms with E-state index >= 15 is 0 Å². The number of quaternary nitrogens is 1. The number of rotatable bonds is 52. The lowest BCUT2D eigenvalue weighted by atomic mass is 10.0. The second-order valence-electron chi connectivity index (χ2n) is 20.3. The van der Waals surface area contributed by atoms with Crippen LogP contribution in [0, 0.1) is 0 Å². The number of carbonyl (C=O) groups is 2. The summed E-state index contributed by atoms with van der Waals surface area (Å²) in [5.41, 5.74) is 0. The Morgan fingerprint density at radius 2 is 0.794 bits per heavy atom. The maximum atomic E-state index is 12.8. The quantitative estimate of drug-likeness (QED) is 0.0195. The summed E-state index contributed by atoms with van der Waals surface area (Å²) >= 11 is 0. The average molecular weight is 978 g/mol. The minimum absolute atomic E-state index is 0.0324. The number of hydrogen-bond donors (Lipinski definition) is 0. The topological polar surface area (TPSA) is 111 Å². The third kappa shape index (κ3) is 53.3. The summed E-state index contributed by atoms with van der Waals surface area (Å²) in [4.78, 5) is 37.8. The van der Waals surface area contributed by atoms with Gasteiger partial charge in [-0.15, -0.1) is 0 Å². The highest BCUT2D eigenvalue weighted by Crippen LogP contribution is 2.38. The normalized spacial score (nSPS) is 13.7. The highest BCUT2D eigenvalue weighted by molar-refractivity contribution is 7.45. The van der Waals surface area contributed by atoms with Crippen molar-refractivity contribution in [2.24, 2.45) is 0 Å². The van der Waals surface area contributed by atoms with E-state index in [2.05, 4.69) is 62.5 Å². The molecule has 0 aromatic heterocycles. The van der Waals surface area contributed by atoms with Crippen LogP contribution < -0.4 is 4.89 Å². The number of phosphoric acid groups is 1.